The number of carboxylic acids is 2. The summed E-state index contributed by atoms with van der Waals surface area (Å²) in [4.78, 5) is 22.1. The number of hydrogen-bond donors (Lipinski definition) is 3. The van der Waals surface area contributed by atoms with Crippen LogP contribution in [0, 0.1) is 5.82 Å². The van der Waals surface area contributed by atoms with Crippen LogP contribution in [0.25, 0.3) is 16.9 Å². The Bertz CT molecular complexity index is 1350. The Morgan fingerprint density at radius 1 is 0.939 bits per heavy atom. The molecule has 0 aliphatic carbocycles. The Morgan fingerprint density at radius 2 is 1.58 bits per heavy atom. The third-order valence-electron chi connectivity index (χ3n) is 4.75. The minimum atomic E-state index is -1.03. The van der Waals surface area contributed by atoms with Gasteiger partial charge in [0, 0.05) is 17.3 Å². The lowest BCUT2D eigenvalue weighted by atomic mass is 10.1. The fraction of sp³-hybridized carbons (Fsp3) is 0. The first-order valence-electron chi connectivity index (χ1n) is 9.72. The molecule has 0 amide bonds. The van der Waals surface area contributed by atoms with Gasteiger partial charge in [0.1, 0.15) is 11.5 Å². The largest absolute Gasteiger partial charge is 0.478 e. The maximum atomic E-state index is 13.8. The Morgan fingerprint density at radius 3 is 2.18 bits per heavy atom. The number of carbonyl (C=O) groups is 2. The van der Waals surface area contributed by atoms with Crippen molar-refractivity contribution in [1.82, 2.24) is 9.78 Å². The van der Waals surface area contributed by atoms with Crippen LogP contribution < -0.4 is 5.43 Å². The van der Waals surface area contributed by atoms with Gasteiger partial charge in [0.05, 0.1) is 28.7 Å². The zero-order valence-corrected chi connectivity index (χ0v) is 17.0. The lowest BCUT2D eigenvalue weighted by Crippen LogP contribution is -1.99. The molecule has 9 heteroatoms. The van der Waals surface area contributed by atoms with Crippen molar-refractivity contribution >= 4 is 23.8 Å². The first-order valence-corrected chi connectivity index (χ1v) is 9.72. The number of anilines is 1. The average molecular weight is 444 g/mol. The zero-order chi connectivity index (χ0) is 23.4. The second kappa shape index (κ2) is 9.15. The summed E-state index contributed by atoms with van der Waals surface area (Å²) in [6, 6.07) is 18.3. The number of benzene rings is 3. The predicted octanol–water partition coefficient (Wildman–Crippen LogP) is 4.52. The van der Waals surface area contributed by atoms with Gasteiger partial charge >= 0.3 is 11.9 Å². The molecule has 1 heterocycles. The SMILES string of the molecule is O=C(O)c1ccc(N/N=C/c2cn(-c3ccc(C(=O)O)cc3)nc2-c2cccc(F)c2)cc1. The van der Waals surface area contributed by atoms with Gasteiger partial charge in [-0.25, -0.2) is 18.7 Å². The van der Waals surface area contributed by atoms with Crippen molar-refractivity contribution in [3.8, 4) is 16.9 Å². The van der Waals surface area contributed by atoms with Gasteiger partial charge in [-0.1, -0.05) is 12.1 Å². The van der Waals surface area contributed by atoms with E-state index >= 15 is 0 Å². The van der Waals surface area contributed by atoms with Crippen LogP contribution in [0.5, 0.6) is 0 Å². The Balaban J connectivity index is 1.65. The van der Waals surface area contributed by atoms with E-state index in [1.54, 1.807) is 47.3 Å². The number of carboxylic acid groups (broad SMARTS) is 2. The molecule has 1 aromatic heterocycles. The zero-order valence-electron chi connectivity index (χ0n) is 17.0. The smallest absolute Gasteiger partial charge is 0.335 e. The molecule has 4 rings (SSSR count). The standard InChI is InChI=1S/C24H17FN4O4/c25-19-3-1-2-17(12-19)22-18(13-26-27-20-8-4-15(5-9-20)23(30)31)14-29(28-22)21-10-6-16(7-11-21)24(32)33/h1-14,27H,(H,30,31)(H,32,33)/b26-13+. The molecule has 0 radical (unpaired) electrons. The minimum Gasteiger partial charge on any atom is -0.478 e. The maximum absolute atomic E-state index is 13.8. The third kappa shape index (κ3) is 4.93. The van der Waals surface area contributed by atoms with Gasteiger partial charge in [-0.2, -0.15) is 10.2 Å². The van der Waals surface area contributed by atoms with E-state index < -0.39 is 17.8 Å². The summed E-state index contributed by atoms with van der Waals surface area (Å²) in [6.07, 6.45) is 3.20. The number of nitrogens with zero attached hydrogens (tertiary/aromatic N) is 3. The molecule has 33 heavy (non-hydrogen) atoms. The summed E-state index contributed by atoms with van der Waals surface area (Å²) in [7, 11) is 0. The van der Waals surface area contributed by atoms with E-state index in [0.29, 0.717) is 28.2 Å². The van der Waals surface area contributed by atoms with Crippen molar-refractivity contribution in [3.05, 3.63) is 102 Å². The highest BCUT2D eigenvalue weighted by atomic mass is 19.1. The van der Waals surface area contributed by atoms with E-state index in [0.717, 1.165) is 0 Å². The van der Waals surface area contributed by atoms with Crippen molar-refractivity contribution in [2.45, 2.75) is 0 Å². The summed E-state index contributed by atoms with van der Waals surface area (Å²) in [5, 5.41) is 26.8. The molecule has 3 aromatic carbocycles. The second-order valence-electron chi connectivity index (χ2n) is 6.99. The Hall–Kier alpha value is -4.79. The van der Waals surface area contributed by atoms with Gasteiger partial charge in [-0.05, 0) is 60.7 Å². The van der Waals surface area contributed by atoms with Gasteiger partial charge in [0.2, 0.25) is 0 Å². The fourth-order valence-electron chi connectivity index (χ4n) is 3.09. The number of aromatic nitrogens is 2. The molecule has 4 aromatic rings. The van der Waals surface area contributed by atoms with Crippen LogP contribution in [0.1, 0.15) is 26.3 Å². The number of hydrazone groups is 1. The molecule has 0 spiro atoms. The van der Waals surface area contributed by atoms with E-state index in [-0.39, 0.29) is 11.1 Å². The maximum Gasteiger partial charge on any atom is 0.335 e. The number of hydrogen-bond acceptors (Lipinski definition) is 5. The number of halogens is 1. The van der Waals surface area contributed by atoms with E-state index in [1.165, 1.54) is 42.6 Å². The summed E-state index contributed by atoms with van der Waals surface area (Å²) in [5.41, 5.74) is 5.93. The first-order chi connectivity index (χ1) is 15.9. The topological polar surface area (TPSA) is 117 Å². The lowest BCUT2D eigenvalue weighted by Gasteiger charge is -2.02. The van der Waals surface area contributed by atoms with Crippen molar-refractivity contribution in [1.29, 1.82) is 0 Å². The van der Waals surface area contributed by atoms with Crippen LogP contribution in [0.2, 0.25) is 0 Å². The van der Waals surface area contributed by atoms with Crippen LogP contribution in [0.15, 0.2) is 84.1 Å². The highest BCUT2D eigenvalue weighted by Crippen LogP contribution is 2.24. The van der Waals surface area contributed by atoms with Crippen molar-refractivity contribution in [3.63, 3.8) is 0 Å². The van der Waals surface area contributed by atoms with E-state index in [4.69, 9.17) is 10.2 Å². The molecule has 8 nitrogen and oxygen atoms in total. The summed E-state index contributed by atoms with van der Waals surface area (Å²) < 4.78 is 15.4. The van der Waals surface area contributed by atoms with Gasteiger partial charge in [0.15, 0.2) is 0 Å². The molecule has 0 fully saturated rings. The number of nitrogens with one attached hydrogen (secondary N) is 1. The molecule has 0 saturated carbocycles. The molecule has 0 bridgehead atoms. The molecule has 0 saturated heterocycles. The van der Waals surface area contributed by atoms with Crippen molar-refractivity contribution < 1.29 is 24.2 Å². The van der Waals surface area contributed by atoms with Crippen LogP contribution >= 0.6 is 0 Å². The summed E-state index contributed by atoms with van der Waals surface area (Å²) >= 11 is 0. The molecular weight excluding hydrogens is 427 g/mol. The lowest BCUT2D eigenvalue weighted by molar-refractivity contribution is 0.0686. The molecule has 3 N–H and O–H groups in total. The Kier molecular flexibility index (Phi) is 5.94. The highest BCUT2D eigenvalue weighted by Gasteiger charge is 2.12. The van der Waals surface area contributed by atoms with Crippen molar-refractivity contribution in [2.24, 2.45) is 5.10 Å². The summed E-state index contributed by atoms with van der Waals surface area (Å²) in [5.74, 6) is -2.46. The number of rotatable bonds is 7. The molecule has 0 aliphatic rings. The van der Waals surface area contributed by atoms with Gasteiger partial charge < -0.3 is 10.2 Å². The van der Waals surface area contributed by atoms with Crippen molar-refractivity contribution in [2.75, 3.05) is 5.43 Å². The number of aromatic carboxylic acids is 2. The van der Waals surface area contributed by atoms with Crippen LogP contribution in [0.4, 0.5) is 10.1 Å². The van der Waals surface area contributed by atoms with Crippen LogP contribution in [0.3, 0.4) is 0 Å². The van der Waals surface area contributed by atoms with Crippen LogP contribution in [-0.2, 0) is 0 Å². The quantitative estimate of drug-likeness (QED) is 0.285. The second-order valence-corrected chi connectivity index (χ2v) is 6.99. The summed E-state index contributed by atoms with van der Waals surface area (Å²) in [6.45, 7) is 0. The highest BCUT2D eigenvalue weighted by molar-refractivity contribution is 5.90. The molecule has 0 aliphatic heterocycles. The molecule has 0 unspecified atom stereocenters. The monoisotopic (exact) mass is 444 g/mol. The molecular formula is C24H17FN4O4. The fourth-order valence-corrected chi connectivity index (χ4v) is 3.09. The van der Waals surface area contributed by atoms with Gasteiger partial charge in [-0.3, -0.25) is 5.43 Å². The molecule has 164 valence electrons. The first kappa shape index (κ1) is 21.4. The van der Waals surface area contributed by atoms with E-state index in [9.17, 15) is 14.0 Å². The van der Waals surface area contributed by atoms with Gasteiger partial charge in [-0.15, -0.1) is 0 Å². The minimum absolute atomic E-state index is 0.149. The normalized spacial score (nSPS) is 10.9. The predicted molar refractivity (Wildman–Crippen MR) is 121 cm³/mol. The Labute approximate surface area is 187 Å². The molecule has 0 atom stereocenters. The van der Waals surface area contributed by atoms with E-state index in [2.05, 4.69) is 15.6 Å². The average Bonchev–Trinajstić information content (AvgIpc) is 3.24. The van der Waals surface area contributed by atoms with E-state index in [1.807, 2.05) is 0 Å². The van der Waals surface area contributed by atoms with Crippen LogP contribution in [-0.4, -0.2) is 38.1 Å². The third-order valence-corrected chi connectivity index (χ3v) is 4.75. The van der Waals surface area contributed by atoms with Gasteiger partial charge in [0.25, 0.3) is 0 Å².